The summed E-state index contributed by atoms with van der Waals surface area (Å²) in [6, 6.07) is 48.9. The number of hydrogen-bond acceptors (Lipinski definition) is 2. The second kappa shape index (κ2) is 10.3. The Balaban J connectivity index is 1.22. The zero-order valence-corrected chi connectivity index (χ0v) is 28.4. The number of allylic oxidation sites excluding steroid dienone is 1. The van der Waals surface area contributed by atoms with Crippen molar-refractivity contribution in [3.63, 3.8) is 0 Å². The number of hydrogen-bond donors (Lipinski definition) is 0. The minimum atomic E-state index is -0.516. The van der Waals surface area contributed by atoms with Crippen molar-refractivity contribution in [1.82, 2.24) is 0 Å². The number of fused-ring (bicyclic) bond motifs is 12. The molecule has 0 saturated carbocycles. The van der Waals surface area contributed by atoms with Crippen LogP contribution < -0.4 is 4.90 Å². The van der Waals surface area contributed by atoms with Gasteiger partial charge in [-0.15, -0.1) is 11.3 Å². The Labute approximate surface area is 291 Å². The van der Waals surface area contributed by atoms with Crippen LogP contribution in [0.3, 0.4) is 0 Å². The van der Waals surface area contributed by atoms with Gasteiger partial charge >= 0.3 is 0 Å². The molecule has 224 valence electrons. The predicted molar refractivity (Wildman–Crippen MR) is 202 cm³/mol. The molecule has 4 heteroatoms. The molecular formula is C43H27BrClNS. The first-order valence-electron chi connectivity index (χ1n) is 16.0. The molecule has 6 aromatic carbocycles. The molecule has 0 saturated heterocycles. The Morgan fingerprint density at radius 3 is 2.21 bits per heavy atom. The molecule has 2 aliphatic carbocycles. The third kappa shape index (κ3) is 3.82. The van der Waals surface area contributed by atoms with Crippen molar-refractivity contribution in [3.05, 3.63) is 187 Å². The Morgan fingerprint density at radius 2 is 1.43 bits per heavy atom. The molecule has 1 aliphatic heterocycles. The molecule has 1 spiro atoms. The van der Waals surface area contributed by atoms with E-state index in [0.717, 1.165) is 27.2 Å². The number of thiophene rings is 1. The lowest BCUT2D eigenvalue weighted by molar-refractivity contribution is 0.747. The van der Waals surface area contributed by atoms with Gasteiger partial charge in [0.2, 0.25) is 0 Å². The first kappa shape index (κ1) is 27.7. The maximum Gasteiger partial charge on any atom is 0.0754 e. The van der Waals surface area contributed by atoms with E-state index in [4.69, 9.17) is 11.6 Å². The second-order valence-electron chi connectivity index (χ2n) is 12.7. The standard InChI is InChI=1S/C43H27BrClNS/c44-28-19-22-40-32(25-28)30-20-17-27(24-41(30)47-40)26-18-21-31-36(23-26)43(35-13-8-14-37(45)42(31)35)33-11-4-6-15-38(33)46(29-9-2-1-3-10-29)39-16-7-5-12-34(39)43/h1-23,25,27H,24H2. The van der Waals surface area contributed by atoms with E-state index >= 15 is 0 Å². The van der Waals surface area contributed by atoms with Crippen LogP contribution in [0.5, 0.6) is 0 Å². The van der Waals surface area contributed by atoms with Crippen molar-refractivity contribution >= 4 is 72.1 Å². The maximum absolute atomic E-state index is 7.15. The molecule has 1 atom stereocenters. The topological polar surface area (TPSA) is 3.24 Å². The Morgan fingerprint density at radius 1 is 0.702 bits per heavy atom. The van der Waals surface area contributed by atoms with E-state index in [1.54, 1.807) is 0 Å². The number of para-hydroxylation sites is 3. The van der Waals surface area contributed by atoms with E-state index in [1.165, 1.54) is 65.3 Å². The third-order valence-electron chi connectivity index (χ3n) is 10.3. The lowest BCUT2D eigenvalue weighted by atomic mass is 9.64. The summed E-state index contributed by atoms with van der Waals surface area (Å²) in [5.41, 5.74) is 13.2. The largest absolute Gasteiger partial charge is 0.310 e. The van der Waals surface area contributed by atoms with Crippen molar-refractivity contribution in [2.45, 2.75) is 17.8 Å². The molecule has 1 unspecified atom stereocenters. The first-order chi connectivity index (χ1) is 23.1. The van der Waals surface area contributed by atoms with Crippen LogP contribution in [0.1, 0.15) is 44.2 Å². The van der Waals surface area contributed by atoms with Crippen molar-refractivity contribution in [3.8, 4) is 11.1 Å². The van der Waals surface area contributed by atoms with Gasteiger partial charge in [0.05, 0.1) is 16.8 Å². The normalized spacial score (nSPS) is 16.5. The fourth-order valence-corrected chi connectivity index (χ4v) is 10.3. The Kier molecular flexibility index (Phi) is 6.06. The molecule has 0 radical (unpaired) electrons. The molecule has 1 nitrogen and oxygen atoms in total. The van der Waals surface area contributed by atoms with Crippen molar-refractivity contribution in [1.29, 1.82) is 0 Å². The van der Waals surface area contributed by atoms with E-state index in [9.17, 15) is 0 Å². The van der Waals surface area contributed by atoms with E-state index < -0.39 is 5.41 Å². The van der Waals surface area contributed by atoms with Gasteiger partial charge in [0.25, 0.3) is 0 Å². The van der Waals surface area contributed by atoms with Gasteiger partial charge < -0.3 is 4.90 Å². The molecule has 1 aromatic heterocycles. The van der Waals surface area contributed by atoms with Crippen molar-refractivity contribution < 1.29 is 0 Å². The average molecular weight is 705 g/mol. The van der Waals surface area contributed by atoms with Crippen LogP contribution in [0.15, 0.2) is 144 Å². The molecular weight excluding hydrogens is 678 g/mol. The third-order valence-corrected chi connectivity index (χ3v) is 12.4. The first-order valence-corrected chi connectivity index (χ1v) is 18.0. The van der Waals surface area contributed by atoms with Gasteiger partial charge in [-0.3, -0.25) is 0 Å². The van der Waals surface area contributed by atoms with Gasteiger partial charge in [0.15, 0.2) is 0 Å². The molecule has 7 aromatic rings. The minimum absolute atomic E-state index is 0.287. The lowest BCUT2D eigenvalue weighted by Gasteiger charge is -2.45. The highest BCUT2D eigenvalue weighted by atomic mass is 79.9. The summed E-state index contributed by atoms with van der Waals surface area (Å²) >= 11 is 12.8. The highest BCUT2D eigenvalue weighted by molar-refractivity contribution is 9.10. The molecule has 47 heavy (non-hydrogen) atoms. The Bertz CT molecular complexity index is 2390. The van der Waals surface area contributed by atoms with Crippen LogP contribution >= 0.6 is 38.9 Å². The van der Waals surface area contributed by atoms with E-state index in [0.29, 0.717) is 0 Å². The highest BCUT2D eigenvalue weighted by Crippen LogP contribution is 2.64. The SMILES string of the molecule is Clc1cccc2c1-c1ccc(C3C=Cc4c(sc5ccc(Br)cc45)C3)cc1C21c2ccccc2N(c2ccccc2)c2ccccc21. The zero-order valence-electron chi connectivity index (χ0n) is 25.3. The van der Waals surface area contributed by atoms with Crippen LogP contribution in [0.2, 0.25) is 5.02 Å². The monoisotopic (exact) mass is 703 g/mol. The molecule has 10 rings (SSSR count). The van der Waals surface area contributed by atoms with Crippen LogP contribution in [-0.2, 0) is 11.8 Å². The number of nitrogens with zero attached hydrogens (tertiary/aromatic N) is 1. The fraction of sp³-hybridized carbons (Fsp3) is 0.0698. The summed E-state index contributed by atoms with van der Waals surface area (Å²) in [4.78, 5) is 3.88. The molecule has 0 N–H and O–H groups in total. The van der Waals surface area contributed by atoms with Crippen LogP contribution in [0.25, 0.3) is 27.3 Å². The Hall–Kier alpha value is -4.41. The fourth-order valence-electron chi connectivity index (χ4n) is 8.44. The van der Waals surface area contributed by atoms with E-state index in [2.05, 4.69) is 160 Å². The van der Waals surface area contributed by atoms with Crippen molar-refractivity contribution in [2.75, 3.05) is 4.90 Å². The summed E-state index contributed by atoms with van der Waals surface area (Å²) in [6.07, 6.45) is 5.77. The second-order valence-corrected chi connectivity index (χ2v) is 15.1. The van der Waals surface area contributed by atoms with Crippen LogP contribution in [0, 0.1) is 0 Å². The minimum Gasteiger partial charge on any atom is -0.310 e. The van der Waals surface area contributed by atoms with Gasteiger partial charge in [-0.1, -0.05) is 125 Å². The van der Waals surface area contributed by atoms with Crippen LogP contribution in [-0.4, -0.2) is 0 Å². The molecule has 3 aliphatic rings. The van der Waals surface area contributed by atoms with E-state index in [1.807, 2.05) is 17.4 Å². The number of rotatable bonds is 2. The molecule has 0 bridgehead atoms. The van der Waals surface area contributed by atoms with Crippen LogP contribution in [0.4, 0.5) is 17.1 Å². The summed E-state index contributed by atoms with van der Waals surface area (Å²) < 4.78 is 2.47. The van der Waals surface area contributed by atoms with Gasteiger partial charge in [0, 0.05) is 41.6 Å². The highest BCUT2D eigenvalue weighted by Gasteiger charge is 2.52. The van der Waals surface area contributed by atoms with Gasteiger partial charge in [-0.2, -0.15) is 0 Å². The van der Waals surface area contributed by atoms with E-state index in [-0.39, 0.29) is 5.92 Å². The quantitative estimate of drug-likeness (QED) is 0.173. The zero-order chi connectivity index (χ0) is 31.3. The summed E-state index contributed by atoms with van der Waals surface area (Å²) in [5.74, 6) is 0.287. The summed E-state index contributed by atoms with van der Waals surface area (Å²) in [7, 11) is 0. The number of benzene rings is 6. The molecule has 2 heterocycles. The summed E-state index contributed by atoms with van der Waals surface area (Å²) in [6.45, 7) is 0. The average Bonchev–Trinajstić information content (AvgIpc) is 3.62. The smallest absolute Gasteiger partial charge is 0.0754 e. The maximum atomic E-state index is 7.15. The lowest BCUT2D eigenvalue weighted by Crippen LogP contribution is -2.36. The van der Waals surface area contributed by atoms with Gasteiger partial charge in [-0.25, -0.2) is 0 Å². The molecule has 0 amide bonds. The summed E-state index contributed by atoms with van der Waals surface area (Å²) in [5, 5.41) is 2.14. The molecule has 0 fully saturated rings. The number of anilines is 3. The van der Waals surface area contributed by atoms with Crippen molar-refractivity contribution in [2.24, 2.45) is 0 Å². The van der Waals surface area contributed by atoms with Gasteiger partial charge in [-0.05, 0) is 93.9 Å². The predicted octanol–water partition coefficient (Wildman–Crippen LogP) is 12.8. The number of halogens is 2. The van der Waals surface area contributed by atoms with Gasteiger partial charge in [0.1, 0.15) is 0 Å².